The van der Waals surface area contributed by atoms with Crippen LogP contribution in [0.15, 0.2) is 4.99 Å². The van der Waals surface area contributed by atoms with Crippen LogP contribution >= 0.6 is 0 Å². The third-order valence-electron chi connectivity index (χ3n) is 4.15. The number of nitrogens with two attached hydrogens (primary N) is 1. The van der Waals surface area contributed by atoms with Gasteiger partial charge in [-0.15, -0.1) is 0 Å². The van der Waals surface area contributed by atoms with Gasteiger partial charge in [-0.05, 0) is 25.7 Å². The molecule has 0 aromatic rings. The lowest BCUT2D eigenvalue weighted by atomic mass is 9.82. The first-order valence-electron chi connectivity index (χ1n) is 6.96. The number of nitrogens with zero attached hydrogens (tertiary/aromatic N) is 1. The molecule has 2 rings (SSSR count). The number of rotatable bonds is 3. The molecule has 4 N–H and O–H groups in total. The Morgan fingerprint density at radius 2 is 1.82 bits per heavy atom. The summed E-state index contributed by atoms with van der Waals surface area (Å²) in [7, 11) is 0. The van der Waals surface area contributed by atoms with Crippen LogP contribution in [0, 0.1) is 0 Å². The highest BCUT2D eigenvalue weighted by Crippen LogP contribution is 2.27. The van der Waals surface area contributed by atoms with E-state index in [1.807, 2.05) is 0 Å². The van der Waals surface area contributed by atoms with Crippen molar-refractivity contribution < 1.29 is 5.11 Å². The minimum absolute atomic E-state index is 0.161. The van der Waals surface area contributed by atoms with Crippen LogP contribution in [0.4, 0.5) is 0 Å². The lowest BCUT2D eigenvalue weighted by Gasteiger charge is -2.37. The molecule has 0 aliphatic heterocycles. The predicted octanol–water partition coefficient (Wildman–Crippen LogP) is 1.53. The molecule has 0 atom stereocenters. The van der Waals surface area contributed by atoms with Gasteiger partial charge in [0.25, 0.3) is 0 Å². The minimum atomic E-state index is -0.204. The second-order valence-electron chi connectivity index (χ2n) is 5.58. The van der Waals surface area contributed by atoms with Gasteiger partial charge in [0.1, 0.15) is 0 Å². The van der Waals surface area contributed by atoms with E-state index in [1.165, 1.54) is 32.1 Å². The van der Waals surface area contributed by atoms with Crippen molar-refractivity contribution in [3.63, 3.8) is 0 Å². The highest BCUT2D eigenvalue weighted by molar-refractivity contribution is 5.79. The molecular weight excluding hydrogens is 214 g/mol. The van der Waals surface area contributed by atoms with Crippen LogP contribution in [0.3, 0.4) is 0 Å². The first-order valence-corrected chi connectivity index (χ1v) is 6.96. The summed E-state index contributed by atoms with van der Waals surface area (Å²) >= 11 is 0. The summed E-state index contributed by atoms with van der Waals surface area (Å²) in [6.45, 7) is 0.161. The van der Waals surface area contributed by atoms with Crippen molar-refractivity contribution >= 4 is 5.96 Å². The van der Waals surface area contributed by atoms with Gasteiger partial charge < -0.3 is 16.2 Å². The summed E-state index contributed by atoms with van der Waals surface area (Å²) in [4.78, 5) is 4.54. The lowest BCUT2D eigenvalue weighted by molar-refractivity contribution is 0.139. The third kappa shape index (κ3) is 3.35. The summed E-state index contributed by atoms with van der Waals surface area (Å²) in [5, 5.41) is 12.9. The Kier molecular flexibility index (Phi) is 4.26. The molecule has 2 aliphatic carbocycles. The number of guanidine groups is 1. The molecule has 2 aliphatic rings. The van der Waals surface area contributed by atoms with Crippen LogP contribution in [-0.4, -0.2) is 29.3 Å². The molecule has 98 valence electrons. The van der Waals surface area contributed by atoms with Gasteiger partial charge in [0.05, 0.1) is 18.2 Å². The van der Waals surface area contributed by atoms with E-state index >= 15 is 0 Å². The molecular formula is C13H25N3O. The van der Waals surface area contributed by atoms with Crippen molar-refractivity contribution in [1.29, 1.82) is 0 Å². The SMILES string of the molecule is NC(=NC1CCCC1)NC1(CO)CCCCC1. The number of aliphatic hydroxyl groups is 1. The molecule has 2 fully saturated rings. The summed E-state index contributed by atoms with van der Waals surface area (Å²) in [6, 6.07) is 0.404. The maximum Gasteiger partial charge on any atom is 0.189 e. The lowest BCUT2D eigenvalue weighted by Crippen LogP contribution is -2.55. The number of hydrogen-bond donors (Lipinski definition) is 3. The molecule has 0 heterocycles. The van der Waals surface area contributed by atoms with Gasteiger partial charge in [-0.3, -0.25) is 4.99 Å². The first kappa shape index (κ1) is 12.7. The van der Waals surface area contributed by atoms with Crippen molar-refractivity contribution in [2.75, 3.05) is 6.61 Å². The summed E-state index contributed by atoms with van der Waals surface area (Å²) < 4.78 is 0. The van der Waals surface area contributed by atoms with Crippen molar-refractivity contribution in [1.82, 2.24) is 5.32 Å². The number of aliphatic imine (C=N–C) groups is 1. The quantitative estimate of drug-likeness (QED) is 0.516. The maximum absolute atomic E-state index is 9.58. The molecule has 0 radical (unpaired) electrons. The monoisotopic (exact) mass is 239 g/mol. The van der Waals surface area contributed by atoms with Crippen molar-refractivity contribution in [3.05, 3.63) is 0 Å². The average molecular weight is 239 g/mol. The van der Waals surface area contributed by atoms with Gasteiger partial charge in [-0.25, -0.2) is 0 Å². The summed E-state index contributed by atoms with van der Waals surface area (Å²) in [5.41, 5.74) is 5.77. The van der Waals surface area contributed by atoms with Gasteiger partial charge in [0.2, 0.25) is 0 Å². The van der Waals surface area contributed by atoms with Crippen molar-refractivity contribution in [2.24, 2.45) is 10.7 Å². The van der Waals surface area contributed by atoms with E-state index in [0.29, 0.717) is 12.0 Å². The fourth-order valence-corrected chi connectivity index (χ4v) is 3.09. The normalized spacial score (nSPS) is 26.1. The molecule has 4 nitrogen and oxygen atoms in total. The van der Waals surface area contributed by atoms with E-state index in [0.717, 1.165) is 25.7 Å². The Balaban J connectivity index is 1.92. The molecule has 0 bridgehead atoms. The molecule has 0 aromatic heterocycles. The smallest absolute Gasteiger partial charge is 0.189 e. The van der Waals surface area contributed by atoms with E-state index in [9.17, 15) is 5.11 Å². The van der Waals surface area contributed by atoms with E-state index in [4.69, 9.17) is 5.73 Å². The number of nitrogens with one attached hydrogen (secondary N) is 1. The van der Waals surface area contributed by atoms with Gasteiger partial charge >= 0.3 is 0 Å². The molecule has 2 saturated carbocycles. The van der Waals surface area contributed by atoms with Gasteiger partial charge in [-0.2, -0.15) is 0 Å². The Bertz CT molecular complexity index is 266. The Morgan fingerprint density at radius 1 is 1.18 bits per heavy atom. The molecule has 0 aromatic carbocycles. The second-order valence-corrected chi connectivity index (χ2v) is 5.58. The average Bonchev–Trinajstić information content (AvgIpc) is 2.83. The Labute approximate surface area is 104 Å². The van der Waals surface area contributed by atoms with Crippen molar-refractivity contribution in [3.8, 4) is 0 Å². The summed E-state index contributed by atoms with van der Waals surface area (Å²) in [5.74, 6) is 0.535. The summed E-state index contributed by atoms with van der Waals surface area (Å²) in [6.07, 6.45) is 10.5. The van der Waals surface area contributed by atoms with Crippen LogP contribution in [0.5, 0.6) is 0 Å². The third-order valence-corrected chi connectivity index (χ3v) is 4.15. The fourth-order valence-electron chi connectivity index (χ4n) is 3.09. The van der Waals surface area contributed by atoms with Gasteiger partial charge in [0, 0.05) is 0 Å². The van der Waals surface area contributed by atoms with E-state index in [-0.39, 0.29) is 12.1 Å². The standard InChI is InChI=1S/C13H25N3O/c14-12(15-11-6-2-3-7-11)16-13(10-17)8-4-1-5-9-13/h11,17H,1-10H2,(H3,14,15,16). The highest BCUT2D eigenvalue weighted by Gasteiger charge is 2.31. The van der Waals surface area contributed by atoms with Crippen LogP contribution in [0.1, 0.15) is 57.8 Å². The van der Waals surface area contributed by atoms with Gasteiger partial charge in [-0.1, -0.05) is 32.1 Å². The fraction of sp³-hybridized carbons (Fsp3) is 0.923. The number of hydrogen-bond acceptors (Lipinski definition) is 2. The van der Waals surface area contributed by atoms with Crippen LogP contribution in [0.2, 0.25) is 0 Å². The predicted molar refractivity (Wildman–Crippen MR) is 69.9 cm³/mol. The molecule has 0 spiro atoms. The number of aliphatic hydroxyl groups excluding tert-OH is 1. The van der Waals surface area contributed by atoms with E-state index < -0.39 is 0 Å². The largest absolute Gasteiger partial charge is 0.394 e. The maximum atomic E-state index is 9.58. The van der Waals surface area contributed by atoms with E-state index in [2.05, 4.69) is 10.3 Å². The zero-order chi connectivity index (χ0) is 12.1. The zero-order valence-corrected chi connectivity index (χ0v) is 10.6. The zero-order valence-electron chi connectivity index (χ0n) is 10.6. The molecule has 4 heteroatoms. The Morgan fingerprint density at radius 3 is 2.41 bits per heavy atom. The topological polar surface area (TPSA) is 70.6 Å². The van der Waals surface area contributed by atoms with Gasteiger partial charge in [0.15, 0.2) is 5.96 Å². The minimum Gasteiger partial charge on any atom is -0.394 e. The first-order chi connectivity index (χ1) is 8.24. The van der Waals surface area contributed by atoms with E-state index in [1.54, 1.807) is 0 Å². The van der Waals surface area contributed by atoms with Crippen LogP contribution in [0.25, 0.3) is 0 Å². The molecule has 0 saturated heterocycles. The molecule has 0 amide bonds. The van der Waals surface area contributed by atoms with Crippen LogP contribution in [-0.2, 0) is 0 Å². The molecule has 17 heavy (non-hydrogen) atoms. The highest BCUT2D eigenvalue weighted by atomic mass is 16.3. The molecule has 0 unspecified atom stereocenters. The van der Waals surface area contributed by atoms with Crippen molar-refractivity contribution in [2.45, 2.75) is 69.4 Å². The van der Waals surface area contributed by atoms with Crippen LogP contribution < -0.4 is 11.1 Å². The Hall–Kier alpha value is -0.770. The second kappa shape index (κ2) is 5.71.